The molecule has 3 atom stereocenters. The lowest BCUT2D eigenvalue weighted by atomic mass is 9.68. The van der Waals surface area contributed by atoms with E-state index in [1.807, 2.05) is 12.1 Å². The molecule has 47 heavy (non-hydrogen) atoms. The van der Waals surface area contributed by atoms with E-state index in [4.69, 9.17) is 21.1 Å². The Kier molecular flexibility index (Phi) is 11.0. The Morgan fingerprint density at radius 1 is 1.11 bits per heavy atom. The molecule has 2 saturated heterocycles. The molecular formula is C34H38ClFN4O6S. The van der Waals surface area contributed by atoms with Crippen molar-refractivity contribution in [2.75, 3.05) is 38.7 Å². The molecule has 3 aromatic carbocycles. The number of hydrogen-bond donors (Lipinski definition) is 3. The fourth-order valence-electron chi connectivity index (χ4n) is 6.50. The summed E-state index contributed by atoms with van der Waals surface area (Å²) in [7, 11) is -2.79. The molecule has 0 unspecified atom stereocenters. The standard InChI is InChI=1S/C34H38ClFN4O6S/c1-3-25-21-37-22-26(40(25)47(43,44)27-8-5-4-6-9-27)20-28-29(36)10-7-11-30(28)38-32(41)31(39-33(42)45-2)34(16-18-46-19-17-34)23-12-14-24(35)15-13-23/h3-15,25-26,31,37H,1,16-22H2,2H3,(H,38,41)(H,39,42)/t25-,26-,31+/m0/s1. The second kappa shape index (κ2) is 15.0. The number of amides is 2. The highest BCUT2D eigenvalue weighted by Gasteiger charge is 2.47. The number of methoxy groups -OCH3 is 1. The third kappa shape index (κ3) is 7.37. The van der Waals surface area contributed by atoms with Gasteiger partial charge in [-0.3, -0.25) is 4.79 Å². The summed E-state index contributed by atoms with van der Waals surface area (Å²) in [5.41, 5.74) is 0.143. The second-order valence-corrected chi connectivity index (χ2v) is 13.8. The molecule has 2 amide bonds. The third-order valence-electron chi connectivity index (χ3n) is 8.89. The number of hydrogen-bond acceptors (Lipinski definition) is 7. The first-order chi connectivity index (χ1) is 22.6. The molecule has 2 aliphatic rings. The maximum absolute atomic E-state index is 15.7. The molecule has 0 aromatic heterocycles. The molecule has 2 heterocycles. The van der Waals surface area contributed by atoms with Crippen LogP contribution < -0.4 is 16.0 Å². The van der Waals surface area contributed by atoms with Crippen molar-refractivity contribution in [3.8, 4) is 0 Å². The summed E-state index contributed by atoms with van der Waals surface area (Å²) >= 11 is 6.18. The van der Waals surface area contributed by atoms with Gasteiger partial charge in [-0.1, -0.05) is 54.1 Å². The van der Waals surface area contributed by atoms with Crippen molar-refractivity contribution >= 4 is 39.3 Å². The van der Waals surface area contributed by atoms with Crippen LogP contribution in [0, 0.1) is 5.82 Å². The van der Waals surface area contributed by atoms with Crippen molar-refractivity contribution in [2.45, 2.75) is 47.7 Å². The van der Waals surface area contributed by atoms with Crippen LogP contribution in [-0.2, 0) is 36.1 Å². The van der Waals surface area contributed by atoms with Crippen LogP contribution in [0.5, 0.6) is 0 Å². The maximum Gasteiger partial charge on any atom is 0.407 e. The molecule has 13 heteroatoms. The number of nitrogens with one attached hydrogen (secondary N) is 3. The lowest BCUT2D eigenvalue weighted by molar-refractivity contribution is -0.121. The van der Waals surface area contributed by atoms with Gasteiger partial charge in [0.2, 0.25) is 15.9 Å². The van der Waals surface area contributed by atoms with Crippen molar-refractivity contribution in [3.05, 3.63) is 107 Å². The lowest BCUT2D eigenvalue weighted by Gasteiger charge is -2.43. The molecule has 2 fully saturated rings. The summed E-state index contributed by atoms with van der Waals surface area (Å²) in [5, 5.41) is 9.33. The van der Waals surface area contributed by atoms with Crippen LogP contribution in [0.15, 0.2) is 90.3 Å². The first kappa shape index (κ1) is 34.5. The van der Waals surface area contributed by atoms with Gasteiger partial charge in [0.05, 0.1) is 18.0 Å². The molecule has 10 nitrogen and oxygen atoms in total. The number of halogens is 2. The topological polar surface area (TPSA) is 126 Å². The minimum absolute atomic E-state index is 0.0586. The first-order valence-electron chi connectivity index (χ1n) is 15.3. The lowest BCUT2D eigenvalue weighted by Crippen LogP contribution is -2.59. The van der Waals surface area contributed by atoms with Gasteiger partial charge in [-0.15, -0.1) is 6.58 Å². The summed E-state index contributed by atoms with van der Waals surface area (Å²) in [4.78, 5) is 27.0. The van der Waals surface area contributed by atoms with E-state index >= 15 is 4.39 Å². The second-order valence-electron chi connectivity index (χ2n) is 11.6. The van der Waals surface area contributed by atoms with Crippen LogP contribution in [-0.4, -0.2) is 76.3 Å². The van der Waals surface area contributed by atoms with Crippen LogP contribution in [0.25, 0.3) is 0 Å². The van der Waals surface area contributed by atoms with E-state index in [0.29, 0.717) is 37.6 Å². The Hall–Kier alpha value is -3.81. The maximum atomic E-state index is 15.7. The van der Waals surface area contributed by atoms with Crippen molar-refractivity contribution < 1.29 is 31.9 Å². The molecule has 3 aromatic rings. The number of carbonyl (C=O) groups excluding carboxylic acids is 2. The van der Waals surface area contributed by atoms with Crippen LogP contribution in [0.3, 0.4) is 0 Å². The van der Waals surface area contributed by atoms with E-state index in [2.05, 4.69) is 22.5 Å². The minimum atomic E-state index is -4.00. The van der Waals surface area contributed by atoms with Crippen LogP contribution >= 0.6 is 11.6 Å². The summed E-state index contributed by atoms with van der Waals surface area (Å²) in [5.74, 6) is -1.21. The number of carbonyl (C=O) groups is 2. The molecule has 0 radical (unpaired) electrons. The highest BCUT2D eigenvalue weighted by Crippen LogP contribution is 2.40. The normalized spacial score (nSPS) is 20.5. The van der Waals surface area contributed by atoms with Crippen LogP contribution in [0.2, 0.25) is 5.02 Å². The molecule has 5 rings (SSSR count). The van der Waals surface area contributed by atoms with Gasteiger partial charge in [-0.25, -0.2) is 17.6 Å². The fraction of sp³-hybridized carbons (Fsp3) is 0.353. The predicted molar refractivity (Wildman–Crippen MR) is 177 cm³/mol. The van der Waals surface area contributed by atoms with Gasteiger partial charge >= 0.3 is 6.09 Å². The average Bonchev–Trinajstić information content (AvgIpc) is 3.09. The van der Waals surface area contributed by atoms with Gasteiger partial charge in [0.15, 0.2) is 0 Å². The average molecular weight is 685 g/mol. The molecule has 0 bridgehead atoms. The Morgan fingerprint density at radius 3 is 2.47 bits per heavy atom. The Balaban J connectivity index is 1.51. The first-order valence-corrected chi connectivity index (χ1v) is 17.1. The van der Waals surface area contributed by atoms with Gasteiger partial charge in [-0.2, -0.15) is 4.31 Å². The van der Waals surface area contributed by atoms with E-state index < -0.39 is 51.4 Å². The third-order valence-corrected chi connectivity index (χ3v) is 11.1. The van der Waals surface area contributed by atoms with Crippen molar-refractivity contribution in [1.29, 1.82) is 0 Å². The fourth-order valence-corrected chi connectivity index (χ4v) is 8.43. The van der Waals surface area contributed by atoms with E-state index in [1.54, 1.807) is 42.5 Å². The summed E-state index contributed by atoms with van der Waals surface area (Å²) in [6.45, 7) is 5.11. The van der Waals surface area contributed by atoms with E-state index in [0.717, 1.165) is 5.56 Å². The number of rotatable bonds is 10. The molecule has 3 N–H and O–H groups in total. The van der Waals surface area contributed by atoms with Crippen LogP contribution in [0.1, 0.15) is 24.0 Å². The number of ether oxygens (including phenoxy) is 2. The molecule has 0 spiro atoms. The zero-order valence-corrected chi connectivity index (χ0v) is 27.5. The number of anilines is 1. The van der Waals surface area contributed by atoms with E-state index in [1.165, 1.54) is 35.7 Å². The minimum Gasteiger partial charge on any atom is -0.453 e. The smallest absolute Gasteiger partial charge is 0.407 e. The highest BCUT2D eigenvalue weighted by atomic mass is 35.5. The molecule has 0 aliphatic carbocycles. The van der Waals surface area contributed by atoms with Crippen molar-refractivity contribution in [1.82, 2.24) is 14.9 Å². The number of nitrogens with zero attached hydrogens (tertiary/aromatic N) is 1. The number of sulfonamides is 1. The zero-order valence-electron chi connectivity index (χ0n) is 26.0. The number of piperazine rings is 1. The van der Waals surface area contributed by atoms with Gasteiger partial charge in [-0.05, 0) is 61.2 Å². The number of benzene rings is 3. The Labute approximate surface area is 279 Å². The molecule has 2 aliphatic heterocycles. The zero-order chi connectivity index (χ0) is 33.6. The monoisotopic (exact) mass is 684 g/mol. The van der Waals surface area contributed by atoms with E-state index in [-0.39, 0.29) is 29.1 Å². The highest BCUT2D eigenvalue weighted by molar-refractivity contribution is 7.89. The molecular weight excluding hydrogens is 647 g/mol. The molecule has 0 saturated carbocycles. The SMILES string of the molecule is C=C[C@H]1CNC[C@H](Cc2c(F)cccc2NC(=O)[C@@H](NC(=O)OC)C2(c3ccc(Cl)cc3)CCOCC2)N1S(=O)(=O)c1ccccc1. The predicted octanol–water partition coefficient (Wildman–Crippen LogP) is 4.65. The van der Waals surface area contributed by atoms with Gasteiger partial charge < -0.3 is 25.4 Å². The summed E-state index contributed by atoms with van der Waals surface area (Å²) < 4.78 is 55.4. The number of alkyl carbamates (subject to hydrolysis) is 1. The van der Waals surface area contributed by atoms with Gasteiger partial charge in [0.25, 0.3) is 0 Å². The summed E-state index contributed by atoms with van der Waals surface area (Å²) in [6, 6.07) is 16.9. The van der Waals surface area contributed by atoms with Gasteiger partial charge in [0, 0.05) is 54.0 Å². The summed E-state index contributed by atoms with van der Waals surface area (Å²) in [6.07, 6.45) is 1.48. The Bertz CT molecular complexity index is 1690. The van der Waals surface area contributed by atoms with E-state index in [9.17, 15) is 18.0 Å². The van der Waals surface area contributed by atoms with Crippen molar-refractivity contribution in [3.63, 3.8) is 0 Å². The molecule has 250 valence electrons. The van der Waals surface area contributed by atoms with Crippen LogP contribution in [0.4, 0.5) is 14.9 Å². The van der Waals surface area contributed by atoms with Gasteiger partial charge in [0.1, 0.15) is 11.9 Å². The quantitative estimate of drug-likeness (QED) is 0.266. The Morgan fingerprint density at radius 2 is 1.81 bits per heavy atom. The largest absolute Gasteiger partial charge is 0.453 e. The van der Waals surface area contributed by atoms with Crippen molar-refractivity contribution in [2.24, 2.45) is 0 Å².